The van der Waals surface area contributed by atoms with Crippen LogP contribution < -0.4 is 9.91 Å². The molecular weight excluding hydrogens is 485 g/mol. The molecule has 6 nitrogen and oxygen atoms in total. The Morgan fingerprint density at radius 2 is 1.37 bits per heavy atom. The first kappa shape index (κ1) is 21.1. The molecule has 0 N–H and O–H groups in total. The third kappa shape index (κ3) is 2.91. The molecule has 3 saturated heterocycles. The van der Waals surface area contributed by atoms with Crippen LogP contribution in [0.3, 0.4) is 0 Å². The number of ether oxygens (including phenoxy) is 1. The minimum Gasteiger partial charge on any atom is -0.370 e. The number of carbonyl (C=O) groups excluding carboxylic acids is 2. The fraction of sp³-hybridized carbons (Fsp3) is 0.222. The van der Waals surface area contributed by atoms with E-state index in [0.29, 0.717) is 15.7 Å². The Bertz CT molecular complexity index is 1390. The number of hydrogen-bond donors (Lipinski definition) is 0. The largest absolute Gasteiger partial charge is 0.370 e. The third-order valence-electron chi connectivity index (χ3n) is 7.55. The number of amides is 2. The molecule has 7 rings (SSSR count). The smallest absolute Gasteiger partial charge is 0.240 e. The molecule has 3 aromatic carbocycles. The summed E-state index contributed by atoms with van der Waals surface area (Å²) in [4.78, 5) is 28.6. The van der Waals surface area contributed by atoms with Crippen LogP contribution in [0, 0.1) is 17.8 Å². The second kappa shape index (κ2) is 7.65. The van der Waals surface area contributed by atoms with Gasteiger partial charge in [-0.3, -0.25) is 14.6 Å². The van der Waals surface area contributed by atoms with Gasteiger partial charge in [-0.25, -0.2) is 4.90 Å². The van der Waals surface area contributed by atoms with Crippen LogP contribution in [-0.2, 0) is 14.3 Å². The molecule has 0 saturated carbocycles. The van der Waals surface area contributed by atoms with Gasteiger partial charge in [-0.05, 0) is 42.5 Å². The van der Waals surface area contributed by atoms with Gasteiger partial charge in [0.25, 0.3) is 0 Å². The van der Waals surface area contributed by atoms with E-state index in [2.05, 4.69) is 0 Å². The normalized spacial score (nSPS) is 30.6. The van der Waals surface area contributed by atoms with Crippen LogP contribution >= 0.6 is 23.2 Å². The van der Waals surface area contributed by atoms with Gasteiger partial charge in [0.15, 0.2) is 0 Å². The highest BCUT2D eigenvalue weighted by Crippen LogP contribution is 2.56. The first-order valence-corrected chi connectivity index (χ1v) is 12.3. The van der Waals surface area contributed by atoms with E-state index in [-0.39, 0.29) is 23.8 Å². The number of benzene rings is 3. The van der Waals surface area contributed by atoms with Gasteiger partial charge in [-0.2, -0.15) is 5.10 Å². The van der Waals surface area contributed by atoms with E-state index in [1.807, 2.05) is 59.6 Å². The standard InChI is InChI=1S/C27H19Cl2N3O3/c28-14-10-12-15(13-11-14)31-26(33)19-20(27(31)34)25-23-21(24(19)35-25)22(17-8-4-5-9-18(17)29)30-32(23)16-6-2-1-3-7-16/h1-13,19-21,23-25H/t19-,20+,21+,23-,24-,25+/m1/s1. The summed E-state index contributed by atoms with van der Waals surface area (Å²) in [7, 11) is 0. The van der Waals surface area contributed by atoms with Gasteiger partial charge in [0, 0.05) is 15.6 Å². The lowest BCUT2D eigenvalue weighted by Crippen LogP contribution is -2.50. The van der Waals surface area contributed by atoms with Crippen molar-refractivity contribution in [2.24, 2.45) is 22.9 Å². The van der Waals surface area contributed by atoms with E-state index in [9.17, 15) is 9.59 Å². The van der Waals surface area contributed by atoms with Crippen LogP contribution in [0.2, 0.25) is 10.0 Å². The molecule has 174 valence electrons. The van der Waals surface area contributed by atoms with Crippen molar-refractivity contribution >= 4 is 52.1 Å². The molecule has 0 aromatic heterocycles. The van der Waals surface area contributed by atoms with Crippen LogP contribution in [0.5, 0.6) is 0 Å². The van der Waals surface area contributed by atoms with Crippen molar-refractivity contribution in [3.05, 3.63) is 94.5 Å². The predicted octanol–water partition coefficient (Wildman–Crippen LogP) is 4.79. The molecule has 0 radical (unpaired) electrons. The number of hydrazone groups is 1. The summed E-state index contributed by atoms with van der Waals surface area (Å²) in [6.45, 7) is 0. The van der Waals surface area contributed by atoms with Crippen LogP contribution in [-0.4, -0.2) is 35.8 Å². The summed E-state index contributed by atoms with van der Waals surface area (Å²) in [5, 5.41) is 8.10. The molecule has 2 amide bonds. The summed E-state index contributed by atoms with van der Waals surface area (Å²) in [6.07, 6.45) is -0.930. The molecule has 0 unspecified atom stereocenters. The quantitative estimate of drug-likeness (QED) is 0.482. The van der Waals surface area contributed by atoms with Crippen LogP contribution in [0.1, 0.15) is 5.56 Å². The maximum Gasteiger partial charge on any atom is 0.240 e. The van der Waals surface area contributed by atoms with Gasteiger partial charge < -0.3 is 4.74 Å². The van der Waals surface area contributed by atoms with E-state index in [1.165, 1.54) is 4.90 Å². The fourth-order valence-corrected chi connectivity index (χ4v) is 6.53. The second-order valence-electron chi connectivity index (χ2n) is 9.27. The van der Waals surface area contributed by atoms with Crippen molar-refractivity contribution in [1.82, 2.24) is 0 Å². The number of hydrogen-bond acceptors (Lipinski definition) is 5. The van der Waals surface area contributed by atoms with Gasteiger partial charge in [0.1, 0.15) is 0 Å². The molecule has 0 spiro atoms. The zero-order valence-corrected chi connectivity index (χ0v) is 19.8. The van der Waals surface area contributed by atoms with Crippen molar-refractivity contribution in [2.45, 2.75) is 18.2 Å². The van der Waals surface area contributed by atoms with Gasteiger partial charge in [-0.1, -0.05) is 59.6 Å². The van der Waals surface area contributed by atoms with Crippen LogP contribution in [0.25, 0.3) is 0 Å². The van der Waals surface area contributed by atoms with Crippen molar-refractivity contribution < 1.29 is 14.3 Å². The number of imide groups is 1. The van der Waals surface area contributed by atoms with Gasteiger partial charge in [-0.15, -0.1) is 0 Å². The Hall–Kier alpha value is -3.19. The Morgan fingerprint density at radius 1 is 0.714 bits per heavy atom. The summed E-state index contributed by atoms with van der Waals surface area (Å²) < 4.78 is 6.44. The molecule has 2 bridgehead atoms. The Labute approximate surface area is 211 Å². The molecule has 8 heteroatoms. The van der Waals surface area contributed by atoms with Crippen molar-refractivity contribution in [3.63, 3.8) is 0 Å². The second-order valence-corrected chi connectivity index (χ2v) is 10.1. The highest BCUT2D eigenvalue weighted by molar-refractivity contribution is 6.34. The molecule has 35 heavy (non-hydrogen) atoms. The molecule has 6 atom stereocenters. The number of nitrogens with zero attached hydrogens (tertiary/aromatic N) is 3. The fourth-order valence-electron chi connectivity index (χ4n) is 6.17. The number of rotatable bonds is 3. The van der Waals surface area contributed by atoms with Crippen LogP contribution in [0.4, 0.5) is 11.4 Å². The minimum absolute atomic E-state index is 0.191. The first-order chi connectivity index (χ1) is 17.0. The monoisotopic (exact) mass is 503 g/mol. The Kier molecular flexibility index (Phi) is 4.62. The SMILES string of the molecule is O=C1[C@@H]2[C@@H]3O[C@@H]([C@H]4C(c5ccccc5Cl)=NN(c5ccccc5)[C@@H]34)[C@@H]2C(=O)N1c1ccc(Cl)cc1. The average molecular weight is 504 g/mol. The summed E-state index contributed by atoms with van der Waals surface area (Å²) in [5.41, 5.74) is 3.05. The zero-order chi connectivity index (χ0) is 23.8. The van der Waals surface area contributed by atoms with E-state index < -0.39 is 24.0 Å². The van der Waals surface area contributed by atoms with Crippen molar-refractivity contribution in [2.75, 3.05) is 9.91 Å². The Balaban J connectivity index is 1.33. The summed E-state index contributed by atoms with van der Waals surface area (Å²) in [6, 6.07) is 24.0. The maximum absolute atomic E-state index is 13.6. The van der Waals surface area contributed by atoms with E-state index >= 15 is 0 Å². The maximum atomic E-state index is 13.6. The predicted molar refractivity (Wildman–Crippen MR) is 134 cm³/mol. The average Bonchev–Trinajstić information content (AvgIpc) is 3.60. The van der Waals surface area contributed by atoms with Crippen molar-refractivity contribution in [1.29, 1.82) is 0 Å². The molecule has 4 heterocycles. The highest BCUT2D eigenvalue weighted by atomic mass is 35.5. The number of anilines is 2. The third-order valence-corrected chi connectivity index (χ3v) is 8.13. The zero-order valence-electron chi connectivity index (χ0n) is 18.3. The highest BCUT2D eigenvalue weighted by Gasteiger charge is 2.72. The lowest BCUT2D eigenvalue weighted by molar-refractivity contribution is -0.125. The van der Waals surface area contributed by atoms with Gasteiger partial charge in [0.05, 0.1) is 53.1 Å². The molecule has 4 aliphatic rings. The Morgan fingerprint density at radius 3 is 2.09 bits per heavy atom. The number of halogens is 2. The van der Waals surface area contributed by atoms with E-state index in [4.69, 9.17) is 33.0 Å². The number of carbonyl (C=O) groups is 2. The first-order valence-electron chi connectivity index (χ1n) is 11.5. The van der Waals surface area contributed by atoms with Gasteiger partial charge in [0.2, 0.25) is 11.8 Å². The minimum atomic E-state index is -0.562. The summed E-state index contributed by atoms with van der Waals surface area (Å²) in [5.74, 6) is -1.77. The lowest BCUT2D eigenvalue weighted by atomic mass is 9.70. The molecule has 3 fully saturated rings. The van der Waals surface area contributed by atoms with E-state index in [1.54, 1.807) is 24.3 Å². The van der Waals surface area contributed by atoms with E-state index in [0.717, 1.165) is 17.0 Å². The van der Waals surface area contributed by atoms with Crippen molar-refractivity contribution in [3.8, 4) is 0 Å². The van der Waals surface area contributed by atoms with Gasteiger partial charge >= 0.3 is 0 Å². The molecule has 4 aliphatic heterocycles. The van der Waals surface area contributed by atoms with Crippen LogP contribution in [0.15, 0.2) is 84.0 Å². The number of fused-ring (bicyclic) bond motifs is 8. The lowest BCUT2D eigenvalue weighted by Gasteiger charge is -2.32. The molecule has 0 aliphatic carbocycles. The topological polar surface area (TPSA) is 62.2 Å². The molecular formula is C27H19Cl2N3O3. The molecule has 3 aromatic rings. The number of para-hydroxylation sites is 1. The summed E-state index contributed by atoms with van der Waals surface area (Å²) >= 11 is 12.6.